The number of hydrogen-bond donors (Lipinski definition) is 1. The monoisotopic (exact) mass is 180 g/mol. The van der Waals surface area contributed by atoms with Crippen molar-refractivity contribution in [1.29, 1.82) is 0 Å². The summed E-state index contributed by atoms with van der Waals surface area (Å²) in [5.74, 6) is 0. The van der Waals surface area contributed by atoms with Crippen LogP contribution in [-0.4, -0.2) is 11.7 Å². The molecule has 0 saturated carbocycles. The van der Waals surface area contributed by atoms with Gasteiger partial charge in [0.15, 0.2) is 0 Å². The van der Waals surface area contributed by atoms with Crippen molar-refractivity contribution in [3.05, 3.63) is 24.3 Å². The van der Waals surface area contributed by atoms with Gasteiger partial charge in [0.2, 0.25) is 0 Å². The molecule has 0 aromatic heterocycles. The molecule has 0 amide bonds. The van der Waals surface area contributed by atoms with Crippen molar-refractivity contribution in [2.24, 2.45) is 10.8 Å². The van der Waals surface area contributed by atoms with E-state index in [4.69, 9.17) is 5.11 Å². The van der Waals surface area contributed by atoms with E-state index in [1.807, 2.05) is 0 Å². The molecule has 1 rings (SSSR count). The van der Waals surface area contributed by atoms with Gasteiger partial charge in [-0.1, -0.05) is 45.1 Å². The topological polar surface area (TPSA) is 20.2 Å². The minimum atomic E-state index is 0.118. The Bertz CT molecular complexity index is 206. The number of aliphatic hydroxyl groups is 1. The van der Waals surface area contributed by atoms with Crippen LogP contribution in [0.25, 0.3) is 0 Å². The van der Waals surface area contributed by atoms with E-state index in [-0.39, 0.29) is 12.0 Å². The summed E-state index contributed by atoms with van der Waals surface area (Å²) >= 11 is 0. The Hall–Kier alpha value is -0.560. The van der Waals surface area contributed by atoms with Crippen molar-refractivity contribution < 1.29 is 5.11 Å². The molecule has 0 spiro atoms. The van der Waals surface area contributed by atoms with Gasteiger partial charge in [-0.15, -0.1) is 0 Å². The van der Waals surface area contributed by atoms with Gasteiger partial charge in [-0.25, -0.2) is 0 Å². The molecule has 74 valence electrons. The summed E-state index contributed by atoms with van der Waals surface area (Å²) < 4.78 is 0. The Morgan fingerprint density at radius 2 is 1.69 bits per heavy atom. The first-order valence-electron chi connectivity index (χ1n) is 4.95. The molecule has 0 fully saturated rings. The molecule has 0 radical (unpaired) electrons. The lowest BCUT2D eigenvalue weighted by Crippen LogP contribution is -2.23. The van der Waals surface area contributed by atoms with Gasteiger partial charge < -0.3 is 5.11 Å². The van der Waals surface area contributed by atoms with Gasteiger partial charge in [-0.3, -0.25) is 0 Å². The molecule has 1 N–H and O–H groups in total. The zero-order valence-electron chi connectivity index (χ0n) is 8.88. The smallest absolute Gasteiger partial charge is 0.0442 e. The van der Waals surface area contributed by atoms with Crippen LogP contribution in [0.15, 0.2) is 24.3 Å². The van der Waals surface area contributed by atoms with Crippen molar-refractivity contribution >= 4 is 0 Å². The Morgan fingerprint density at radius 3 is 2.08 bits per heavy atom. The molecule has 0 saturated heterocycles. The highest BCUT2D eigenvalue weighted by Gasteiger charge is 2.30. The lowest BCUT2D eigenvalue weighted by atomic mass is 9.73. The van der Waals surface area contributed by atoms with Crippen molar-refractivity contribution in [2.75, 3.05) is 6.61 Å². The van der Waals surface area contributed by atoms with Crippen molar-refractivity contribution in [3.63, 3.8) is 0 Å². The highest BCUT2D eigenvalue weighted by molar-refractivity contribution is 5.25. The van der Waals surface area contributed by atoms with Crippen molar-refractivity contribution in [3.8, 4) is 0 Å². The van der Waals surface area contributed by atoms with Gasteiger partial charge in [0.1, 0.15) is 0 Å². The van der Waals surface area contributed by atoms with E-state index in [9.17, 15) is 0 Å². The number of allylic oxidation sites excluding steroid dienone is 4. The van der Waals surface area contributed by atoms with Crippen LogP contribution < -0.4 is 0 Å². The maximum Gasteiger partial charge on any atom is 0.0442 e. The molecule has 0 aromatic carbocycles. The van der Waals surface area contributed by atoms with Gasteiger partial charge in [0.25, 0.3) is 0 Å². The van der Waals surface area contributed by atoms with Crippen molar-refractivity contribution in [2.45, 2.75) is 33.6 Å². The minimum absolute atomic E-state index is 0.118. The fourth-order valence-electron chi connectivity index (χ4n) is 2.12. The second kappa shape index (κ2) is 3.67. The predicted molar refractivity (Wildman–Crippen MR) is 56.5 cm³/mol. The summed E-state index contributed by atoms with van der Waals surface area (Å²) in [6.45, 7) is 7.00. The maximum atomic E-state index is 9.02. The predicted octanol–water partition coefficient (Wildman–Crippen LogP) is 2.92. The van der Waals surface area contributed by atoms with Crippen LogP contribution in [0.4, 0.5) is 0 Å². The first-order valence-corrected chi connectivity index (χ1v) is 4.95. The minimum Gasteiger partial charge on any atom is -0.396 e. The fraction of sp³-hybridized carbons (Fsp3) is 0.667. The molecule has 0 atom stereocenters. The van der Waals surface area contributed by atoms with E-state index in [1.54, 1.807) is 0 Å². The number of rotatable bonds is 3. The van der Waals surface area contributed by atoms with Crippen LogP contribution in [0, 0.1) is 10.8 Å². The molecule has 13 heavy (non-hydrogen) atoms. The van der Waals surface area contributed by atoms with E-state index in [2.05, 4.69) is 45.1 Å². The SMILES string of the molecule is CC(C)(C)CC1(CCO)C=CC=C1. The van der Waals surface area contributed by atoms with Crippen LogP contribution in [0.2, 0.25) is 0 Å². The highest BCUT2D eigenvalue weighted by Crippen LogP contribution is 2.41. The zero-order chi connectivity index (χ0) is 9.95. The van der Waals surface area contributed by atoms with E-state index in [0.29, 0.717) is 5.41 Å². The molecular weight excluding hydrogens is 160 g/mol. The third-order valence-electron chi connectivity index (χ3n) is 2.40. The molecule has 1 aliphatic rings. The Labute approximate surface area is 81.2 Å². The third-order valence-corrected chi connectivity index (χ3v) is 2.40. The molecule has 0 aromatic rings. The van der Waals surface area contributed by atoms with E-state index in [1.165, 1.54) is 0 Å². The summed E-state index contributed by atoms with van der Waals surface area (Å²) in [5.41, 5.74) is 0.432. The first kappa shape index (κ1) is 10.5. The van der Waals surface area contributed by atoms with Crippen LogP contribution in [0.1, 0.15) is 33.6 Å². The summed E-state index contributed by atoms with van der Waals surface area (Å²) in [6, 6.07) is 0. The lowest BCUT2D eigenvalue weighted by Gasteiger charge is -2.32. The third kappa shape index (κ3) is 3.00. The molecule has 0 heterocycles. The van der Waals surface area contributed by atoms with Gasteiger partial charge in [-0.05, 0) is 18.3 Å². The molecule has 1 aliphatic carbocycles. The normalized spacial score (nSPS) is 19.7. The van der Waals surface area contributed by atoms with Crippen LogP contribution in [0.3, 0.4) is 0 Å². The second-order valence-corrected chi connectivity index (χ2v) is 5.16. The standard InChI is InChI=1S/C12H20O/c1-11(2,3)10-12(8-9-13)6-4-5-7-12/h4-7,13H,8-10H2,1-3H3. The Morgan fingerprint density at radius 1 is 1.15 bits per heavy atom. The maximum absolute atomic E-state index is 9.02. The molecular formula is C12H20O. The highest BCUT2D eigenvalue weighted by atomic mass is 16.3. The van der Waals surface area contributed by atoms with Crippen LogP contribution in [0.5, 0.6) is 0 Å². The van der Waals surface area contributed by atoms with Gasteiger partial charge in [0.05, 0.1) is 0 Å². The first-order chi connectivity index (χ1) is 5.97. The van der Waals surface area contributed by atoms with Crippen molar-refractivity contribution in [1.82, 2.24) is 0 Å². The van der Waals surface area contributed by atoms with Crippen LogP contribution >= 0.6 is 0 Å². The van der Waals surface area contributed by atoms with Gasteiger partial charge >= 0.3 is 0 Å². The Balaban J connectivity index is 2.69. The summed E-state index contributed by atoms with van der Waals surface area (Å²) in [5, 5.41) is 9.02. The van der Waals surface area contributed by atoms with E-state index < -0.39 is 0 Å². The van der Waals surface area contributed by atoms with Crippen LogP contribution in [-0.2, 0) is 0 Å². The molecule has 0 aliphatic heterocycles. The Kier molecular flexibility index (Phi) is 2.97. The lowest BCUT2D eigenvalue weighted by molar-refractivity contribution is 0.200. The summed E-state index contributed by atoms with van der Waals surface area (Å²) in [4.78, 5) is 0. The largest absolute Gasteiger partial charge is 0.396 e. The zero-order valence-corrected chi connectivity index (χ0v) is 8.88. The molecule has 0 unspecified atom stereocenters. The molecule has 1 nitrogen and oxygen atoms in total. The number of hydrogen-bond acceptors (Lipinski definition) is 1. The van der Waals surface area contributed by atoms with E-state index >= 15 is 0 Å². The molecule has 1 heteroatoms. The van der Waals surface area contributed by atoms with Gasteiger partial charge in [-0.2, -0.15) is 0 Å². The average Bonchev–Trinajstić information content (AvgIpc) is 2.33. The molecule has 0 bridgehead atoms. The second-order valence-electron chi connectivity index (χ2n) is 5.16. The summed E-state index contributed by atoms with van der Waals surface area (Å²) in [7, 11) is 0. The fourth-order valence-corrected chi connectivity index (χ4v) is 2.12. The summed E-state index contributed by atoms with van der Waals surface area (Å²) in [6.07, 6.45) is 10.6. The average molecular weight is 180 g/mol. The van der Waals surface area contributed by atoms with E-state index in [0.717, 1.165) is 12.8 Å². The quantitative estimate of drug-likeness (QED) is 0.708. The number of aliphatic hydroxyl groups excluding tert-OH is 1. The van der Waals surface area contributed by atoms with Gasteiger partial charge in [0, 0.05) is 12.0 Å².